The quantitative estimate of drug-likeness (QED) is 0.856. The molecule has 0 atom stereocenters. The van der Waals surface area contributed by atoms with Gasteiger partial charge in [0.25, 0.3) is 0 Å². The van der Waals surface area contributed by atoms with Crippen LogP contribution in [0.3, 0.4) is 0 Å². The molecule has 0 fully saturated rings. The van der Waals surface area contributed by atoms with Crippen molar-refractivity contribution in [3.63, 3.8) is 0 Å². The lowest BCUT2D eigenvalue weighted by Crippen LogP contribution is -2.38. The van der Waals surface area contributed by atoms with Gasteiger partial charge in [-0.1, -0.05) is 47.5 Å². The number of nitrogens with zero attached hydrogens (tertiary/aromatic N) is 1. The van der Waals surface area contributed by atoms with Crippen LogP contribution in [0.5, 0.6) is 0 Å². The molecule has 1 N–H and O–H groups in total. The van der Waals surface area contributed by atoms with Gasteiger partial charge < -0.3 is 10.2 Å². The summed E-state index contributed by atoms with van der Waals surface area (Å²) < 4.78 is 0. The van der Waals surface area contributed by atoms with E-state index in [0.29, 0.717) is 24.5 Å². The fourth-order valence-electron chi connectivity index (χ4n) is 2.60. The lowest BCUT2D eigenvalue weighted by atomic mass is 10.1. The van der Waals surface area contributed by atoms with Crippen LogP contribution >= 0.6 is 11.6 Å². The van der Waals surface area contributed by atoms with Crippen LogP contribution < -0.4 is 10.2 Å². The van der Waals surface area contributed by atoms with Crippen LogP contribution in [0.1, 0.15) is 23.6 Å². The molecule has 0 radical (unpaired) electrons. The maximum Gasteiger partial charge on any atom is 0.224 e. The third-order valence-electron chi connectivity index (χ3n) is 4.05. The highest BCUT2D eigenvalue weighted by Gasteiger charge is 2.15. The Labute approximate surface area is 153 Å². The fourth-order valence-corrected chi connectivity index (χ4v) is 2.77. The van der Waals surface area contributed by atoms with Crippen molar-refractivity contribution < 1.29 is 9.59 Å². The number of halogens is 1. The molecule has 2 rings (SSSR count). The number of carbonyl (C=O) groups is 2. The molecule has 0 aromatic heterocycles. The second kappa shape index (κ2) is 8.67. The van der Waals surface area contributed by atoms with Gasteiger partial charge in [0.15, 0.2) is 0 Å². The zero-order valence-electron chi connectivity index (χ0n) is 14.8. The van der Waals surface area contributed by atoms with E-state index in [1.165, 1.54) is 6.92 Å². The molecule has 0 aliphatic heterocycles. The van der Waals surface area contributed by atoms with E-state index >= 15 is 0 Å². The van der Waals surface area contributed by atoms with Gasteiger partial charge in [-0.2, -0.15) is 0 Å². The maximum atomic E-state index is 12.1. The summed E-state index contributed by atoms with van der Waals surface area (Å²) in [6, 6.07) is 13.3. The van der Waals surface area contributed by atoms with Crippen LogP contribution in [-0.2, 0) is 16.0 Å². The standard InChI is InChI=1S/C20H23ClN2O2/c1-14-7-9-17(10-8-14)13-20(25)22-11-12-23(16(3)24)19-6-4-5-18(21)15(19)2/h4-10H,11-13H2,1-3H3,(H,22,25). The maximum absolute atomic E-state index is 12.1. The zero-order chi connectivity index (χ0) is 18.4. The number of anilines is 1. The summed E-state index contributed by atoms with van der Waals surface area (Å²) in [6.45, 7) is 6.18. The Morgan fingerprint density at radius 3 is 2.40 bits per heavy atom. The van der Waals surface area contributed by atoms with Gasteiger partial charge in [0.2, 0.25) is 11.8 Å². The fraction of sp³-hybridized carbons (Fsp3) is 0.300. The predicted molar refractivity (Wildman–Crippen MR) is 102 cm³/mol. The molecular weight excluding hydrogens is 336 g/mol. The largest absolute Gasteiger partial charge is 0.354 e. The molecule has 0 spiro atoms. The number of benzene rings is 2. The van der Waals surface area contributed by atoms with E-state index in [1.807, 2.05) is 50.2 Å². The monoisotopic (exact) mass is 358 g/mol. The molecule has 0 bridgehead atoms. The molecule has 132 valence electrons. The summed E-state index contributed by atoms with van der Waals surface area (Å²) in [4.78, 5) is 25.7. The van der Waals surface area contributed by atoms with Gasteiger partial charge >= 0.3 is 0 Å². The smallest absolute Gasteiger partial charge is 0.224 e. The summed E-state index contributed by atoms with van der Waals surface area (Å²) in [5.74, 6) is -0.145. The Balaban J connectivity index is 1.93. The number of aryl methyl sites for hydroxylation is 1. The van der Waals surface area contributed by atoms with Gasteiger partial charge in [0.1, 0.15) is 0 Å². The predicted octanol–water partition coefficient (Wildman–Crippen LogP) is 3.67. The Bertz CT molecular complexity index is 757. The van der Waals surface area contributed by atoms with Crippen LogP contribution in [-0.4, -0.2) is 24.9 Å². The number of rotatable bonds is 6. The van der Waals surface area contributed by atoms with Gasteiger partial charge in [0, 0.05) is 30.7 Å². The normalized spacial score (nSPS) is 10.4. The first-order chi connectivity index (χ1) is 11.9. The molecule has 2 aromatic rings. The van der Waals surface area contributed by atoms with E-state index in [1.54, 1.807) is 11.0 Å². The van der Waals surface area contributed by atoms with Gasteiger partial charge in [-0.25, -0.2) is 0 Å². The minimum Gasteiger partial charge on any atom is -0.354 e. The number of hydrogen-bond acceptors (Lipinski definition) is 2. The van der Waals surface area contributed by atoms with Crippen molar-refractivity contribution in [2.75, 3.05) is 18.0 Å². The van der Waals surface area contributed by atoms with Gasteiger partial charge in [0.05, 0.1) is 6.42 Å². The van der Waals surface area contributed by atoms with Crippen LogP contribution in [0, 0.1) is 13.8 Å². The van der Waals surface area contributed by atoms with E-state index < -0.39 is 0 Å². The zero-order valence-corrected chi connectivity index (χ0v) is 15.6. The minimum absolute atomic E-state index is 0.0600. The summed E-state index contributed by atoms with van der Waals surface area (Å²) >= 11 is 6.14. The first kappa shape index (κ1) is 19.0. The Kier molecular flexibility index (Phi) is 6.59. The van der Waals surface area contributed by atoms with Gasteiger partial charge in [-0.05, 0) is 37.1 Å². The van der Waals surface area contributed by atoms with Crippen LogP contribution in [0.25, 0.3) is 0 Å². The SMILES string of the molecule is CC(=O)N(CCNC(=O)Cc1ccc(C)cc1)c1cccc(Cl)c1C. The molecule has 2 aromatic carbocycles. The van der Waals surface area contributed by atoms with Crippen molar-refractivity contribution in [1.82, 2.24) is 5.32 Å². The average Bonchev–Trinajstić information content (AvgIpc) is 2.56. The van der Waals surface area contributed by atoms with Crippen molar-refractivity contribution in [2.45, 2.75) is 27.2 Å². The van der Waals surface area contributed by atoms with Crippen LogP contribution in [0.2, 0.25) is 5.02 Å². The number of amides is 2. The van der Waals surface area contributed by atoms with E-state index in [-0.39, 0.29) is 11.8 Å². The van der Waals surface area contributed by atoms with E-state index in [0.717, 1.165) is 22.4 Å². The molecule has 5 heteroatoms. The highest BCUT2D eigenvalue weighted by atomic mass is 35.5. The lowest BCUT2D eigenvalue weighted by Gasteiger charge is -2.23. The van der Waals surface area contributed by atoms with Crippen molar-refractivity contribution in [2.24, 2.45) is 0 Å². The van der Waals surface area contributed by atoms with E-state index in [4.69, 9.17) is 11.6 Å². The molecule has 0 heterocycles. The third-order valence-corrected chi connectivity index (χ3v) is 4.46. The summed E-state index contributed by atoms with van der Waals surface area (Å²) in [7, 11) is 0. The van der Waals surface area contributed by atoms with Crippen molar-refractivity contribution in [1.29, 1.82) is 0 Å². The van der Waals surface area contributed by atoms with Gasteiger partial charge in [-0.15, -0.1) is 0 Å². The molecule has 0 aliphatic carbocycles. The number of carbonyl (C=O) groups excluding carboxylic acids is 2. The lowest BCUT2D eigenvalue weighted by molar-refractivity contribution is -0.121. The molecule has 25 heavy (non-hydrogen) atoms. The first-order valence-corrected chi connectivity index (χ1v) is 8.61. The summed E-state index contributed by atoms with van der Waals surface area (Å²) in [6.07, 6.45) is 0.330. The summed E-state index contributed by atoms with van der Waals surface area (Å²) in [5.41, 5.74) is 3.76. The summed E-state index contributed by atoms with van der Waals surface area (Å²) in [5, 5.41) is 3.49. The van der Waals surface area contributed by atoms with Crippen molar-refractivity contribution in [3.05, 3.63) is 64.2 Å². The second-order valence-electron chi connectivity index (χ2n) is 6.07. The second-order valence-corrected chi connectivity index (χ2v) is 6.47. The average molecular weight is 359 g/mol. The molecule has 0 saturated carbocycles. The topological polar surface area (TPSA) is 49.4 Å². The Hall–Kier alpha value is -2.33. The van der Waals surface area contributed by atoms with Crippen molar-refractivity contribution in [3.8, 4) is 0 Å². The molecule has 0 unspecified atom stereocenters. The molecule has 0 saturated heterocycles. The Morgan fingerprint density at radius 1 is 1.08 bits per heavy atom. The van der Waals surface area contributed by atoms with E-state index in [9.17, 15) is 9.59 Å². The molecule has 4 nitrogen and oxygen atoms in total. The van der Waals surface area contributed by atoms with Crippen molar-refractivity contribution >= 4 is 29.1 Å². The number of nitrogens with one attached hydrogen (secondary N) is 1. The molecule has 0 aliphatic rings. The van der Waals surface area contributed by atoms with Gasteiger partial charge in [-0.3, -0.25) is 9.59 Å². The molecular formula is C20H23ClN2O2. The minimum atomic E-state index is -0.0850. The van der Waals surface area contributed by atoms with Crippen LogP contribution in [0.4, 0.5) is 5.69 Å². The number of hydrogen-bond donors (Lipinski definition) is 1. The highest BCUT2D eigenvalue weighted by Crippen LogP contribution is 2.26. The highest BCUT2D eigenvalue weighted by molar-refractivity contribution is 6.31. The molecule has 2 amide bonds. The first-order valence-electron chi connectivity index (χ1n) is 8.24. The third kappa shape index (κ3) is 5.33. The van der Waals surface area contributed by atoms with E-state index in [2.05, 4.69) is 5.32 Å². The Morgan fingerprint density at radius 2 is 1.76 bits per heavy atom. The van der Waals surface area contributed by atoms with Crippen LogP contribution in [0.15, 0.2) is 42.5 Å².